The van der Waals surface area contributed by atoms with Crippen molar-refractivity contribution in [3.8, 4) is 0 Å². The first kappa shape index (κ1) is 19.8. The van der Waals surface area contributed by atoms with Gasteiger partial charge in [-0.25, -0.2) is 13.4 Å². The van der Waals surface area contributed by atoms with E-state index in [4.69, 9.17) is 0 Å². The minimum absolute atomic E-state index is 0.333. The number of pyridine rings is 1. The Morgan fingerprint density at radius 2 is 1.89 bits per heavy atom. The summed E-state index contributed by atoms with van der Waals surface area (Å²) in [6, 6.07) is 12.7. The number of aliphatic imine (C=N–C) groups is 1. The first-order chi connectivity index (χ1) is 13.5. The third kappa shape index (κ3) is 5.07. The van der Waals surface area contributed by atoms with Gasteiger partial charge in [0.05, 0.1) is 4.90 Å². The second-order valence-corrected chi connectivity index (χ2v) is 8.35. The van der Waals surface area contributed by atoms with E-state index in [-0.39, 0.29) is 0 Å². The van der Waals surface area contributed by atoms with Crippen molar-refractivity contribution < 1.29 is 8.42 Å². The lowest BCUT2D eigenvalue weighted by Gasteiger charge is -2.11. The lowest BCUT2D eigenvalue weighted by atomic mass is 10.1. The molecule has 9 heteroatoms. The summed E-state index contributed by atoms with van der Waals surface area (Å²) in [5.41, 5.74) is 1.85. The smallest absolute Gasteiger partial charge is 0.191 e. The van der Waals surface area contributed by atoms with Crippen LogP contribution in [0.25, 0.3) is 5.65 Å². The van der Waals surface area contributed by atoms with Crippen molar-refractivity contribution in [2.45, 2.75) is 24.8 Å². The molecule has 0 aliphatic carbocycles. The van der Waals surface area contributed by atoms with E-state index in [2.05, 4.69) is 25.8 Å². The van der Waals surface area contributed by atoms with Gasteiger partial charge in [0, 0.05) is 25.5 Å². The summed E-state index contributed by atoms with van der Waals surface area (Å²) in [6.07, 6.45) is 3.88. The third-order valence-corrected chi connectivity index (χ3v) is 5.29. The van der Waals surface area contributed by atoms with Gasteiger partial charge in [0.25, 0.3) is 0 Å². The molecule has 8 nitrogen and oxygen atoms in total. The minimum atomic E-state index is -3.16. The van der Waals surface area contributed by atoms with Gasteiger partial charge < -0.3 is 10.6 Å². The van der Waals surface area contributed by atoms with E-state index in [9.17, 15) is 8.42 Å². The molecule has 0 atom stereocenters. The van der Waals surface area contributed by atoms with Crippen molar-refractivity contribution >= 4 is 21.4 Å². The normalized spacial score (nSPS) is 12.3. The van der Waals surface area contributed by atoms with E-state index < -0.39 is 9.84 Å². The third-order valence-electron chi connectivity index (χ3n) is 4.16. The van der Waals surface area contributed by atoms with Gasteiger partial charge in [-0.15, -0.1) is 10.2 Å². The van der Waals surface area contributed by atoms with Crippen molar-refractivity contribution in [1.29, 1.82) is 0 Å². The number of hydrogen-bond acceptors (Lipinski definition) is 5. The van der Waals surface area contributed by atoms with E-state index in [1.54, 1.807) is 12.1 Å². The molecule has 3 aromatic rings. The molecule has 0 bridgehead atoms. The predicted octanol–water partition coefficient (Wildman–Crippen LogP) is 1.43. The van der Waals surface area contributed by atoms with Gasteiger partial charge in [0.1, 0.15) is 6.54 Å². The summed E-state index contributed by atoms with van der Waals surface area (Å²) in [4.78, 5) is 4.91. The van der Waals surface area contributed by atoms with Crippen LogP contribution in [0.15, 0.2) is 58.5 Å². The van der Waals surface area contributed by atoms with Crippen LogP contribution >= 0.6 is 0 Å². The fourth-order valence-electron chi connectivity index (χ4n) is 2.72. The summed E-state index contributed by atoms with van der Waals surface area (Å²) in [7, 11) is -3.16. The maximum atomic E-state index is 11.5. The summed E-state index contributed by atoms with van der Waals surface area (Å²) in [5.74, 6) is 1.46. The summed E-state index contributed by atoms with van der Waals surface area (Å²) >= 11 is 0. The molecule has 1 aromatic carbocycles. The predicted molar refractivity (Wildman–Crippen MR) is 109 cm³/mol. The molecule has 0 unspecified atom stereocenters. The zero-order valence-electron chi connectivity index (χ0n) is 16.0. The van der Waals surface area contributed by atoms with Crippen LogP contribution in [-0.4, -0.2) is 48.3 Å². The Morgan fingerprint density at radius 1 is 1.11 bits per heavy atom. The molecule has 0 radical (unpaired) electrons. The molecule has 0 amide bonds. The molecule has 2 N–H and O–H groups in total. The number of fused-ring (bicyclic) bond motifs is 1. The summed E-state index contributed by atoms with van der Waals surface area (Å²) in [5, 5.41) is 14.8. The molecule has 2 heterocycles. The lowest BCUT2D eigenvalue weighted by molar-refractivity contribution is 0.602. The number of aromatic nitrogens is 3. The number of sulfone groups is 1. The van der Waals surface area contributed by atoms with Gasteiger partial charge in [-0.3, -0.25) is 4.40 Å². The summed E-state index contributed by atoms with van der Waals surface area (Å²) < 4.78 is 25.0. The van der Waals surface area contributed by atoms with E-state index in [0.717, 1.165) is 30.0 Å². The lowest BCUT2D eigenvalue weighted by Crippen LogP contribution is -2.38. The Labute approximate surface area is 164 Å². The van der Waals surface area contributed by atoms with E-state index in [1.165, 1.54) is 6.26 Å². The van der Waals surface area contributed by atoms with Crippen LogP contribution < -0.4 is 10.6 Å². The maximum absolute atomic E-state index is 11.5. The quantitative estimate of drug-likeness (QED) is 0.460. The van der Waals surface area contributed by atoms with Gasteiger partial charge in [0.15, 0.2) is 27.3 Å². The molecule has 0 fully saturated rings. The van der Waals surface area contributed by atoms with Crippen molar-refractivity contribution in [3.05, 3.63) is 60.0 Å². The highest BCUT2D eigenvalue weighted by Crippen LogP contribution is 2.10. The standard InChI is InChI=1S/C19H24N6O2S/c1-3-20-19(22-14-18-24-23-17-6-4-5-13-25(17)18)21-12-11-15-7-9-16(10-8-15)28(2,26)27/h4-10,13H,3,11-12,14H2,1-2H3,(H2,20,21,22). The Balaban J connectivity index is 1.59. The van der Waals surface area contributed by atoms with Crippen molar-refractivity contribution in [3.63, 3.8) is 0 Å². The fraction of sp³-hybridized carbons (Fsp3) is 0.316. The number of nitrogens with zero attached hydrogens (tertiary/aromatic N) is 4. The highest BCUT2D eigenvalue weighted by molar-refractivity contribution is 7.90. The molecule has 28 heavy (non-hydrogen) atoms. The fourth-order valence-corrected chi connectivity index (χ4v) is 3.35. The topological polar surface area (TPSA) is 101 Å². The van der Waals surface area contributed by atoms with Crippen LogP contribution in [0.1, 0.15) is 18.3 Å². The Kier molecular flexibility index (Phi) is 6.25. The average Bonchev–Trinajstić information content (AvgIpc) is 3.09. The molecule has 0 aliphatic heterocycles. The number of guanidine groups is 1. The average molecular weight is 401 g/mol. The van der Waals surface area contributed by atoms with E-state index in [0.29, 0.717) is 23.9 Å². The number of rotatable bonds is 7. The summed E-state index contributed by atoms with van der Waals surface area (Å²) in [6.45, 7) is 3.83. The van der Waals surface area contributed by atoms with Crippen LogP contribution in [0.5, 0.6) is 0 Å². The molecule has 3 rings (SSSR count). The zero-order valence-corrected chi connectivity index (χ0v) is 16.8. The molecule has 0 saturated carbocycles. The number of benzene rings is 1. The highest BCUT2D eigenvalue weighted by Gasteiger charge is 2.07. The van der Waals surface area contributed by atoms with Crippen molar-refractivity contribution in [2.24, 2.45) is 4.99 Å². The second kappa shape index (κ2) is 8.83. The number of hydrogen-bond donors (Lipinski definition) is 2. The van der Waals surface area contributed by atoms with Crippen molar-refractivity contribution in [2.75, 3.05) is 19.3 Å². The zero-order chi connectivity index (χ0) is 20.0. The molecule has 0 aliphatic rings. The number of nitrogens with one attached hydrogen (secondary N) is 2. The van der Waals surface area contributed by atoms with Gasteiger partial charge in [-0.05, 0) is 43.2 Å². The van der Waals surface area contributed by atoms with Crippen LogP contribution in [0.3, 0.4) is 0 Å². The van der Waals surface area contributed by atoms with E-state index >= 15 is 0 Å². The van der Waals surface area contributed by atoms with Crippen LogP contribution in [0, 0.1) is 0 Å². The molecular formula is C19H24N6O2S. The molecule has 0 saturated heterocycles. The van der Waals surface area contributed by atoms with E-state index in [1.807, 2.05) is 47.9 Å². The first-order valence-electron chi connectivity index (χ1n) is 9.07. The van der Waals surface area contributed by atoms with Gasteiger partial charge in [-0.2, -0.15) is 0 Å². The minimum Gasteiger partial charge on any atom is -0.357 e. The Morgan fingerprint density at radius 3 is 2.61 bits per heavy atom. The second-order valence-electron chi connectivity index (χ2n) is 6.33. The van der Waals surface area contributed by atoms with Crippen molar-refractivity contribution in [1.82, 2.24) is 25.2 Å². The first-order valence-corrected chi connectivity index (χ1v) is 11.0. The van der Waals surface area contributed by atoms with Crippen LogP contribution in [0.4, 0.5) is 0 Å². The molecule has 0 spiro atoms. The molecule has 2 aromatic heterocycles. The van der Waals surface area contributed by atoms with Gasteiger partial charge >= 0.3 is 0 Å². The van der Waals surface area contributed by atoms with Crippen LogP contribution in [-0.2, 0) is 22.8 Å². The largest absolute Gasteiger partial charge is 0.357 e. The molecular weight excluding hydrogens is 376 g/mol. The van der Waals surface area contributed by atoms with Gasteiger partial charge in [-0.1, -0.05) is 18.2 Å². The Bertz CT molecular complexity index is 1060. The maximum Gasteiger partial charge on any atom is 0.191 e. The SMILES string of the molecule is CCNC(=NCc1nnc2ccccn12)NCCc1ccc(S(C)(=O)=O)cc1. The van der Waals surface area contributed by atoms with Gasteiger partial charge in [0.2, 0.25) is 0 Å². The molecule has 148 valence electrons. The Hall–Kier alpha value is -2.94. The monoisotopic (exact) mass is 400 g/mol. The van der Waals surface area contributed by atoms with Crippen LogP contribution in [0.2, 0.25) is 0 Å². The highest BCUT2D eigenvalue weighted by atomic mass is 32.2.